The Kier molecular flexibility index (Phi) is 3.37. The number of aromatic nitrogens is 1. The fraction of sp³-hybridized carbons (Fsp3) is 0.471. The van der Waals surface area contributed by atoms with Crippen LogP contribution >= 0.6 is 11.3 Å². The van der Waals surface area contributed by atoms with Gasteiger partial charge in [-0.05, 0) is 30.9 Å². The van der Waals surface area contributed by atoms with Crippen LogP contribution in [0.25, 0.3) is 10.2 Å². The van der Waals surface area contributed by atoms with Crippen LogP contribution in [0.5, 0.6) is 0 Å². The molecule has 1 aliphatic carbocycles. The van der Waals surface area contributed by atoms with Crippen LogP contribution in [0.1, 0.15) is 37.6 Å². The highest BCUT2D eigenvalue weighted by atomic mass is 32.1. The summed E-state index contributed by atoms with van der Waals surface area (Å²) in [4.78, 5) is 31.2. The lowest BCUT2D eigenvalue weighted by molar-refractivity contribution is -0.134. The summed E-state index contributed by atoms with van der Waals surface area (Å²) < 4.78 is 1.08. The van der Waals surface area contributed by atoms with Crippen LogP contribution in [0.4, 0.5) is 4.79 Å². The van der Waals surface area contributed by atoms with E-state index in [9.17, 15) is 9.59 Å². The zero-order valence-corrected chi connectivity index (χ0v) is 13.9. The normalized spacial score (nSPS) is 27.9. The summed E-state index contributed by atoms with van der Waals surface area (Å²) in [5, 5.41) is 3.79. The van der Waals surface area contributed by atoms with Gasteiger partial charge in [-0.1, -0.05) is 31.9 Å². The van der Waals surface area contributed by atoms with Crippen LogP contribution in [0, 0.1) is 5.92 Å². The van der Waals surface area contributed by atoms with E-state index >= 15 is 0 Å². The van der Waals surface area contributed by atoms with E-state index in [1.54, 1.807) is 0 Å². The first kappa shape index (κ1) is 14.6. The Morgan fingerprint density at radius 2 is 2.17 bits per heavy atom. The smallest absolute Gasteiger partial charge is 0.323 e. The second-order valence-corrected chi connectivity index (χ2v) is 7.63. The van der Waals surface area contributed by atoms with E-state index < -0.39 is 5.54 Å². The van der Waals surface area contributed by atoms with Gasteiger partial charge in [0.15, 0.2) is 0 Å². The third-order valence-electron chi connectivity index (χ3n) is 5.13. The van der Waals surface area contributed by atoms with E-state index in [4.69, 9.17) is 0 Å². The summed E-state index contributed by atoms with van der Waals surface area (Å²) in [6.45, 7) is 2.33. The average molecular weight is 329 g/mol. The summed E-state index contributed by atoms with van der Waals surface area (Å²) in [6.07, 6.45) is 3.85. The van der Waals surface area contributed by atoms with Crippen LogP contribution in [0.2, 0.25) is 0 Å². The minimum Gasteiger partial charge on any atom is -0.323 e. The molecule has 1 N–H and O–H groups in total. The molecular weight excluding hydrogens is 310 g/mol. The van der Waals surface area contributed by atoms with Crippen LogP contribution in [0.3, 0.4) is 0 Å². The summed E-state index contributed by atoms with van der Waals surface area (Å²) in [5.41, 5.74) is 0.228. The Hall–Kier alpha value is -1.95. The number of rotatable bonds is 2. The number of amides is 3. The van der Waals surface area contributed by atoms with Crippen molar-refractivity contribution >= 4 is 33.5 Å². The van der Waals surface area contributed by atoms with Crippen molar-refractivity contribution in [1.29, 1.82) is 0 Å². The van der Waals surface area contributed by atoms with Crippen molar-refractivity contribution in [2.75, 3.05) is 0 Å². The standard InChI is InChI=1S/C17H19N3O2S/c1-11-6-4-5-9-17(11)15(21)20(16(22)19-17)10-14-18-12-7-2-3-8-13(12)23-14/h2-3,7-8,11H,4-6,9-10H2,1H3,(H,19,22)/t11-,17+/m0/s1. The molecule has 1 aromatic carbocycles. The number of nitrogens with zero attached hydrogens (tertiary/aromatic N) is 2. The molecule has 120 valence electrons. The number of carbonyl (C=O) groups is 2. The van der Waals surface area contributed by atoms with E-state index in [2.05, 4.69) is 17.2 Å². The summed E-state index contributed by atoms with van der Waals surface area (Å²) in [5.74, 6) is 0.113. The van der Waals surface area contributed by atoms with E-state index in [0.29, 0.717) is 0 Å². The van der Waals surface area contributed by atoms with Crippen LogP contribution in [-0.2, 0) is 11.3 Å². The maximum absolute atomic E-state index is 12.9. The summed E-state index contributed by atoms with van der Waals surface area (Å²) in [6, 6.07) is 7.59. The van der Waals surface area contributed by atoms with Crippen molar-refractivity contribution in [3.63, 3.8) is 0 Å². The van der Waals surface area contributed by atoms with Gasteiger partial charge in [0, 0.05) is 0 Å². The van der Waals surface area contributed by atoms with Gasteiger partial charge in [0.2, 0.25) is 0 Å². The Balaban J connectivity index is 1.61. The Bertz CT molecular complexity index is 754. The number of thiazole rings is 1. The quantitative estimate of drug-likeness (QED) is 0.860. The minimum atomic E-state index is -0.688. The molecule has 5 nitrogen and oxygen atoms in total. The number of urea groups is 1. The van der Waals surface area contributed by atoms with Crippen molar-refractivity contribution in [1.82, 2.24) is 15.2 Å². The average Bonchev–Trinajstić information content (AvgIpc) is 3.05. The topological polar surface area (TPSA) is 62.3 Å². The predicted octanol–water partition coefficient (Wildman–Crippen LogP) is 3.30. The first-order chi connectivity index (χ1) is 11.1. The Morgan fingerprint density at radius 3 is 2.96 bits per heavy atom. The SMILES string of the molecule is C[C@H]1CCCC[C@@]12NC(=O)N(Cc1nc3ccccc3s1)C2=O. The molecule has 1 aromatic heterocycles. The number of hydrogen-bond donors (Lipinski definition) is 1. The van der Waals surface area contributed by atoms with Crippen LogP contribution < -0.4 is 5.32 Å². The lowest BCUT2D eigenvalue weighted by atomic mass is 9.73. The van der Waals surface area contributed by atoms with Crippen molar-refractivity contribution < 1.29 is 9.59 Å². The van der Waals surface area contributed by atoms with E-state index in [0.717, 1.165) is 40.9 Å². The highest BCUT2D eigenvalue weighted by molar-refractivity contribution is 7.18. The molecule has 3 amide bonds. The molecule has 2 fully saturated rings. The van der Waals surface area contributed by atoms with Crippen molar-refractivity contribution in [2.45, 2.75) is 44.7 Å². The largest absolute Gasteiger partial charge is 0.325 e. The van der Waals surface area contributed by atoms with Gasteiger partial charge >= 0.3 is 6.03 Å². The molecule has 2 heterocycles. The number of para-hydroxylation sites is 1. The number of hydrogen-bond acceptors (Lipinski definition) is 4. The molecule has 0 radical (unpaired) electrons. The van der Waals surface area contributed by atoms with Crippen molar-refractivity contribution in [3.05, 3.63) is 29.3 Å². The molecule has 4 rings (SSSR count). The van der Waals surface area contributed by atoms with Crippen LogP contribution in [0.15, 0.2) is 24.3 Å². The minimum absolute atomic E-state index is 0.0750. The van der Waals surface area contributed by atoms with Gasteiger partial charge in [0.05, 0.1) is 16.8 Å². The molecule has 23 heavy (non-hydrogen) atoms. The van der Waals surface area contributed by atoms with Crippen molar-refractivity contribution in [2.24, 2.45) is 5.92 Å². The summed E-state index contributed by atoms with van der Waals surface area (Å²) in [7, 11) is 0. The zero-order chi connectivity index (χ0) is 16.0. The molecule has 2 aliphatic rings. The van der Waals surface area contributed by atoms with E-state index in [1.165, 1.54) is 16.2 Å². The molecule has 2 aromatic rings. The second kappa shape index (κ2) is 5.30. The first-order valence-electron chi connectivity index (χ1n) is 8.09. The lowest BCUT2D eigenvalue weighted by Crippen LogP contribution is -2.53. The zero-order valence-electron chi connectivity index (χ0n) is 13.0. The molecule has 6 heteroatoms. The Morgan fingerprint density at radius 1 is 1.35 bits per heavy atom. The van der Waals surface area contributed by atoms with Gasteiger partial charge in [-0.15, -0.1) is 11.3 Å². The second-order valence-electron chi connectivity index (χ2n) is 6.51. The third-order valence-corrected chi connectivity index (χ3v) is 6.15. The molecule has 1 saturated carbocycles. The fourth-order valence-corrected chi connectivity index (χ4v) is 4.72. The predicted molar refractivity (Wildman–Crippen MR) is 89.1 cm³/mol. The fourth-order valence-electron chi connectivity index (χ4n) is 3.76. The Labute approximate surface area is 138 Å². The van der Waals surface area contributed by atoms with Gasteiger partial charge in [0.1, 0.15) is 10.5 Å². The number of fused-ring (bicyclic) bond motifs is 1. The van der Waals surface area contributed by atoms with E-state index in [-0.39, 0.29) is 24.4 Å². The highest BCUT2D eigenvalue weighted by Crippen LogP contribution is 2.38. The molecular formula is C17H19N3O2S. The number of carbonyl (C=O) groups excluding carboxylic acids is 2. The molecule has 0 bridgehead atoms. The van der Waals surface area contributed by atoms with Gasteiger partial charge in [-0.2, -0.15) is 0 Å². The number of benzene rings is 1. The van der Waals surface area contributed by atoms with Crippen LogP contribution in [-0.4, -0.2) is 27.4 Å². The number of imide groups is 1. The molecule has 1 spiro atoms. The molecule has 2 atom stereocenters. The van der Waals surface area contributed by atoms with Gasteiger partial charge in [-0.25, -0.2) is 9.78 Å². The van der Waals surface area contributed by atoms with Gasteiger partial charge in [-0.3, -0.25) is 9.69 Å². The maximum atomic E-state index is 12.9. The summed E-state index contributed by atoms with van der Waals surface area (Å²) >= 11 is 1.54. The monoisotopic (exact) mass is 329 g/mol. The third kappa shape index (κ3) is 2.24. The lowest BCUT2D eigenvalue weighted by Gasteiger charge is -2.36. The molecule has 1 saturated heterocycles. The highest BCUT2D eigenvalue weighted by Gasteiger charge is 2.54. The van der Waals surface area contributed by atoms with Gasteiger partial charge < -0.3 is 5.32 Å². The molecule has 1 aliphatic heterocycles. The van der Waals surface area contributed by atoms with Crippen molar-refractivity contribution in [3.8, 4) is 0 Å². The molecule has 0 unspecified atom stereocenters. The first-order valence-corrected chi connectivity index (χ1v) is 8.90. The number of nitrogens with one attached hydrogen (secondary N) is 1. The maximum Gasteiger partial charge on any atom is 0.325 e. The van der Waals surface area contributed by atoms with Gasteiger partial charge in [0.25, 0.3) is 5.91 Å². The van der Waals surface area contributed by atoms with E-state index in [1.807, 2.05) is 24.3 Å².